The van der Waals surface area contributed by atoms with Crippen LogP contribution in [-0.2, 0) is 4.79 Å². The minimum Gasteiger partial charge on any atom is -0.486 e. The fraction of sp³-hybridized carbons (Fsp3) is 0.609. The fourth-order valence-corrected chi connectivity index (χ4v) is 4.05. The zero-order valence-electron chi connectivity index (χ0n) is 18.4. The Hall–Kier alpha value is -2.77. The fourth-order valence-electron chi connectivity index (χ4n) is 4.05. The molecular weight excluding hydrogens is 398 g/mol. The van der Waals surface area contributed by atoms with Gasteiger partial charge in [0.1, 0.15) is 19.3 Å². The molecule has 3 rings (SSSR count). The second-order valence-corrected chi connectivity index (χ2v) is 8.02. The number of nitrogens with zero attached hydrogens (tertiary/aromatic N) is 1. The number of fused-ring (bicyclic) bond motifs is 1. The van der Waals surface area contributed by atoms with Gasteiger partial charge in [-0.3, -0.25) is 9.59 Å². The van der Waals surface area contributed by atoms with Gasteiger partial charge in [0.15, 0.2) is 17.3 Å². The molecule has 0 saturated carbocycles. The molecule has 0 radical (unpaired) electrons. The molecule has 2 N–H and O–H groups in total. The summed E-state index contributed by atoms with van der Waals surface area (Å²) in [5.41, 5.74) is 0.618. The highest BCUT2D eigenvalue weighted by atomic mass is 16.6. The summed E-state index contributed by atoms with van der Waals surface area (Å²) in [6.07, 6.45) is 3.65. The zero-order valence-corrected chi connectivity index (χ0v) is 18.4. The van der Waals surface area contributed by atoms with Crippen LogP contribution in [0.25, 0.3) is 0 Å². The third-order valence-electron chi connectivity index (χ3n) is 5.79. The first-order chi connectivity index (χ1) is 15.0. The van der Waals surface area contributed by atoms with E-state index in [-0.39, 0.29) is 23.6 Å². The van der Waals surface area contributed by atoms with Gasteiger partial charge in [-0.1, -0.05) is 19.8 Å². The average Bonchev–Trinajstić information content (AvgIpc) is 2.80. The van der Waals surface area contributed by atoms with Crippen LogP contribution >= 0.6 is 0 Å². The Balaban J connectivity index is 1.57. The Bertz CT molecular complexity index is 789. The lowest BCUT2D eigenvalue weighted by molar-refractivity contribution is -0.134. The van der Waals surface area contributed by atoms with Crippen molar-refractivity contribution in [3.8, 4) is 11.5 Å². The number of piperidine rings is 1. The standard InChI is InChI=1S/C23H33N3O5/c1-3-5-6-18(25-23(29)24-4-2)22(28)26-11-9-16(10-12-26)21(27)17-7-8-19-20(15-17)31-14-13-30-19/h7-8,15-16,18H,3-6,9-14H2,1-2H3,(H2,24,25,29)/t18-/m0/s1. The van der Waals surface area contributed by atoms with E-state index in [9.17, 15) is 14.4 Å². The highest BCUT2D eigenvalue weighted by Crippen LogP contribution is 2.32. The summed E-state index contributed by atoms with van der Waals surface area (Å²) in [6, 6.07) is 4.47. The lowest BCUT2D eigenvalue weighted by Crippen LogP contribution is -2.53. The molecule has 2 aliphatic heterocycles. The molecule has 0 unspecified atom stereocenters. The van der Waals surface area contributed by atoms with Crippen LogP contribution in [0.3, 0.4) is 0 Å². The third kappa shape index (κ3) is 5.89. The molecule has 8 heteroatoms. The number of ketones is 1. The molecule has 1 aromatic carbocycles. The van der Waals surface area contributed by atoms with Crippen molar-refractivity contribution >= 4 is 17.7 Å². The van der Waals surface area contributed by atoms with E-state index in [4.69, 9.17) is 9.47 Å². The van der Waals surface area contributed by atoms with Crippen LogP contribution in [0.1, 0.15) is 56.3 Å². The smallest absolute Gasteiger partial charge is 0.315 e. The van der Waals surface area contributed by atoms with Gasteiger partial charge in [0.2, 0.25) is 5.91 Å². The molecule has 170 valence electrons. The van der Waals surface area contributed by atoms with Gasteiger partial charge in [0.25, 0.3) is 0 Å². The summed E-state index contributed by atoms with van der Waals surface area (Å²) in [4.78, 5) is 39.7. The minimum absolute atomic E-state index is 0.0649. The van der Waals surface area contributed by atoms with Crippen molar-refractivity contribution in [3.05, 3.63) is 23.8 Å². The summed E-state index contributed by atoms with van der Waals surface area (Å²) in [5, 5.41) is 5.49. The van der Waals surface area contributed by atoms with Gasteiger partial charge >= 0.3 is 6.03 Å². The molecule has 2 heterocycles. The molecule has 1 saturated heterocycles. The van der Waals surface area contributed by atoms with Crippen molar-refractivity contribution < 1.29 is 23.9 Å². The van der Waals surface area contributed by atoms with Crippen LogP contribution in [0.5, 0.6) is 11.5 Å². The van der Waals surface area contributed by atoms with Crippen molar-refractivity contribution in [3.63, 3.8) is 0 Å². The van der Waals surface area contributed by atoms with Crippen LogP contribution in [0.4, 0.5) is 4.79 Å². The molecule has 0 aromatic heterocycles. The summed E-state index contributed by atoms with van der Waals surface area (Å²) >= 11 is 0. The van der Waals surface area contributed by atoms with E-state index in [0.29, 0.717) is 69.2 Å². The van der Waals surface area contributed by atoms with Crippen molar-refractivity contribution in [2.24, 2.45) is 5.92 Å². The number of nitrogens with one attached hydrogen (secondary N) is 2. The molecular formula is C23H33N3O5. The maximum absolute atomic E-state index is 13.0. The Morgan fingerprint density at radius 3 is 2.48 bits per heavy atom. The molecule has 0 aliphatic carbocycles. The van der Waals surface area contributed by atoms with Crippen molar-refractivity contribution in [1.29, 1.82) is 0 Å². The molecule has 8 nitrogen and oxygen atoms in total. The Morgan fingerprint density at radius 1 is 1.10 bits per heavy atom. The van der Waals surface area contributed by atoms with E-state index in [1.54, 1.807) is 23.1 Å². The van der Waals surface area contributed by atoms with E-state index in [1.165, 1.54) is 0 Å². The molecule has 3 amide bonds. The van der Waals surface area contributed by atoms with Gasteiger partial charge in [0, 0.05) is 31.1 Å². The topological polar surface area (TPSA) is 97.0 Å². The number of Topliss-reactive ketones (excluding diaryl/α,β-unsaturated/α-hetero) is 1. The van der Waals surface area contributed by atoms with Gasteiger partial charge in [-0.15, -0.1) is 0 Å². The first kappa shape index (κ1) is 22.9. The van der Waals surface area contributed by atoms with Crippen molar-refractivity contribution in [2.75, 3.05) is 32.8 Å². The zero-order chi connectivity index (χ0) is 22.2. The Morgan fingerprint density at radius 2 is 1.81 bits per heavy atom. The maximum atomic E-state index is 13.0. The van der Waals surface area contributed by atoms with E-state index >= 15 is 0 Å². The molecule has 31 heavy (non-hydrogen) atoms. The van der Waals surface area contributed by atoms with Gasteiger partial charge < -0.3 is 25.0 Å². The number of carbonyl (C=O) groups excluding carboxylic acids is 3. The lowest BCUT2D eigenvalue weighted by Gasteiger charge is -2.34. The van der Waals surface area contributed by atoms with Crippen LogP contribution < -0.4 is 20.1 Å². The molecule has 0 spiro atoms. The number of ether oxygens (including phenoxy) is 2. The van der Waals surface area contributed by atoms with Gasteiger partial charge in [-0.2, -0.15) is 0 Å². The average molecular weight is 432 g/mol. The second-order valence-electron chi connectivity index (χ2n) is 8.02. The number of carbonyl (C=O) groups is 3. The Labute approximate surface area is 183 Å². The van der Waals surface area contributed by atoms with Crippen LogP contribution in [-0.4, -0.2) is 61.5 Å². The normalized spacial score (nSPS) is 17.0. The van der Waals surface area contributed by atoms with Gasteiger partial charge in [-0.25, -0.2) is 4.79 Å². The summed E-state index contributed by atoms with van der Waals surface area (Å²) in [5.74, 6) is 1.16. The van der Waals surface area contributed by atoms with E-state index < -0.39 is 6.04 Å². The third-order valence-corrected chi connectivity index (χ3v) is 5.79. The predicted molar refractivity (Wildman–Crippen MR) is 117 cm³/mol. The van der Waals surface area contributed by atoms with E-state index in [2.05, 4.69) is 17.6 Å². The summed E-state index contributed by atoms with van der Waals surface area (Å²) < 4.78 is 11.1. The molecule has 1 aromatic rings. The Kier molecular flexibility index (Phi) is 8.14. The lowest BCUT2D eigenvalue weighted by atomic mass is 9.88. The van der Waals surface area contributed by atoms with Crippen LogP contribution in [0.2, 0.25) is 0 Å². The number of urea groups is 1. The summed E-state index contributed by atoms with van der Waals surface area (Å²) in [7, 11) is 0. The predicted octanol–water partition coefficient (Wildman–Crippen LogP) is 2.76. The molecule has 2 aliphatic rings. The minimum atomic E-state index is -0.531. The first-order valence-electron chi connectivity index (χ1n) is 11.3. The number of likely N-dealkylation sites (tertiary alicyclic amines) is 1. The number of amides is 3. The van der Waals surface area contributed by atoms with Crippen molar-refractivity contribution in [2.45, 2.75) is 52.0 Å². The number of rotatable bonds is 8. The quantitative estimate of drug-likeness (QED) is 0.617. The number of unbranched alkanes of at least 4 members (excludes halogenated alkanes) is 1. The van der Waals surface area contributed by atoms with E-state index in [0.717, 1.165) is 12.8 Å². The highest BCUT2D eigenvalue weighted by Gasteiger charge is 2.32. The number of hydrogen-bond donors (Lipinski definition) is 2. The maximum Gasteiger partial charge on any atom is 0.315 e. The molecule has 0 bridgehead atoms. The SMILES string of the molecule is CCCC[C@H](NC(=O)NCC)C(=O)N1CCC(C(=O)c2ccc3c(c2)OCCO3)CC1. The number of benzene rings is 1. The van der Waals surface area contributed by atoms with Crippen LogP contribution in [0, 0.1) is 5.92 Å². The van der Waals surface area contributed by atoms with Gasteiger partial charge in [-0.05, 0) is 44.4 Å². The molecule has 1 fully saturated rings. The van der Waals surface area contributed by atoms with Crippen LogP contribution in [0.15, 0.2) is 18.2 Å². The highest BCUT2D eigenvalue weighted by molar-refractivity contribution is 5.98. The summed E-state index contributed by atoms with van der Waals surface area (Å²) in [6.45, 7) is 6.43. The monoisotopic (exact) mass is 431 g/mol. The second kappa shape index (κ2) is 11.0. The van der Waals surface area contributed by atoms with Gasteiger partial charge in [0.05, 0.1) is 0 Å². The van der Waals surface area contributed by atoms with Crippen molar-refractivity contribution in [1.82, 2.24) is 15.5 Å². The number of hydrogen-bond acceptors (Lipinski definition) is 5. The largest absolute Gasteiger partial charge is 0.486 e. The molecule has 1 atom stereocenters. The first-order valence-corrected chi connectivity index (χ1v) is 11.3. The van der Waals surface area contributed by atoms with E-state index in [1.807, 2.05) is 6.92 Å².